The summed E-state index contributed by atoms with van der Waals surface area (Å²) in [5.41, 5.74) is 1.62. The summed E-state index contributed by atoms with van der Waals surface area (Å²) >= 11 is 0. The normalized spacial score (nSPS) is 14.4. The average Bonchev–Trinajstić information content (AvgIpc) is 3.23. The first-order valence-electron chi connectivity index (χ1n) is 10.3. The molecule has 166 valence electrons. The fourth-order valence-electron chi connectivity index (χ4n) is 3.64. The van der Waals surface area contributed by atoms with E-state index in [1.54, 1.807) is 34.7 Å². The zero-order valence-corrected chi connectivity index (χ0v) is 17.7. The molecule has 8 nitrogen and oxygen atoms in total. The number of carbonyl (C=O) groups is 3. The van der Waals surface area contributed by atoms with E-state index in [1.165, 1.54) is 19.2 Å². The van der Waals surface area contributed by atoms with E-state index in [9.17, 15) is 18.8 Å². The van der Waals surface area contributed by atoms with E-state index in [1.807, 2.05) is 0 Å². The third kappa shape index (κ3) is 5.48. The van der Waals surface area contributed by atoms with Gasteiger partial charge in [0.25, 0.3) is 0 Å². The Kier molecular flexibility index (Phi) is 7.38. The summed E-state index contributed by atoms with van der Waals surface area (Å²) in [4.78, 5) is 37.6. The number of halogens is 1. The molecular formula is C22H26FN3O5. The van der Waals surface area contributed by atoms with E-state index in [0.29, 0.717) is 31.6 Å². The number of hydrogen-bond donors (Lipinski definition) is 0. The molecule has 0 unspecified atom stereocenters. The zero-order valence-electron chi connectivity index (χ0n) is 17.7. The lowest BCUT2D eigenvalue weighted by Crippen LogP contribution is -2.39. The highest BCUT2D eigenvalue weighted by Crippen LogP contribution is 2.30. The number of benzene rings is 1. The van der Waals surface area contributed by atoms with Crippen molar-refractivity contribution in [3.63, 3.8) is 0 Å². The zero-order chi connectivity index (χ0) is 22.4. The lowest BCUT2D eigenvalue weighted by molar-refractivity contribution is -0.144. The van der Waals surface area contributed by atoms with Gasteiger partial charge in [-0.25, -0.2) is 9.18 Å². The lowest BCUT2D eigenvalue weighted by Gasteiger charge is -2.33. The molecule has 1 fully saturated rings. The van der Waals surface area contributed by atoms with E-state index in [2.05, 4.69) is 9.84 Å². The Balaban J connectivity index is 1.76. The molecule has 1 aliphatic heterocycles. The Morgan fingerprint density at radius 3 is 2.42 bits per heavy atom. The van der Waals surface area contributed by atoms with Crippen molar-refractivity contribution in [1.82, 2.24) is 14.7 Å². The second-order valence-corrected chi connectivity index (χ2v) is 7.27. The van der Waals surface area contributed by atoms with E-state index in [0.717, 1.165) is 5.56 Å². The molecular weight excluding hydrogens is 405 g/mol. The first-order chi connectivity index (χ1) is 14.9. The van der Waals surface area contributed by atoms with Crippen LogP contribution in [0.25, 0.3) is 11.3 Å². The summed E-state index contributed by atoms with van der Waals surface area (Å²) in [6.45, 7) is 3.00. The molecule has 0 N–H and O–H groups in total. The van der Waals surface area contributed by atoms with Crippen molar-refractivity contribution in [3.8, 4) is 11.3 Å². The van der Waals surface area contributed by atoms with Gasteiger partial charge in [-0.1, -0.05) is 0 Å². The third-order valence-corrected chi connectivity index (χ3v) is 5.29. The predicted molar refractivity (Wildman–Crippen MR) is 110 cm³/mol. The van der Waals surface area contributed by atoms with Gasteiger partial charge in [-0.2, -0.15) is 5.10 Å². The molecule has 2 aromatic rings. The fraction of sp³-hybridized carbons (Fsp3) is 0.455. The lowest BCUT2D eigenvalue weighted by atomic mass is 10.0. The Hall–Kier alpha value is -3.23. The largest absolute Gasteiger partial charge is 0.469 e. The number of esters is 2. The molecule has 1 saturated heterocycles. The number of nitrogens with zero attached hydrogens (tertiary/aromatic N) is 3. The van der Waals surface area contributed by atoms with Gasteiger partial charge in [0, 0.05) is 25.1 Å². The molecule has 0 atom stereocenters. The number of likely N-dealkylation sites (tertiary alicyclic amines) is 1. The van der Waals surface area contributed by atoms with E-state index in [-0.39, 0.29) is 42.9 Å². The molecule has 0 saturated carbocycles. The molecule has 1 amide bonds. The van der Waals surface area contributed by atoms with Crippen molar-refractivity contribution in [2.75, 3.05) is 26.8 Å². The van der Waals surface area contributed by atoms with Gasteiger partial charge in [0.15, 0.2) is 5.69 Å². The molecule has 0 spiro atoms. The molecule has 0 radical (unpaired) electrons. The van der Waals surface area contributed by atoms with Crippen LogP contribution < -0.4 is 0 Å². The number of methoxy groups -OCH3 is 1. The summed E-state index contributed by atoms with van der Waals surface area (Å²) in [5, 5.41) is 4.48. The van der Waals surface area contributed by atoms with Crippen LogP contribution in [0, 0.1) is 5.82 Å². The number of rotatable bonds is 7. The van der Waals surface area contributed by atoms with Crippen LogP contribution in [0.3, 0.4) is 0 Å². The van der Waals surface area contributed by atoms with E-state index in [4.69, 9.17) is 4.74 Å². The summed E-state index contributed by atoms with van der Waals surface area (Å²) < 4.78 is 24.8. The minimum atomic E-state index is -0.514. The van der Waals surface area contributed by atoms with Crippen LogP contribution in [-0.4, -0.2) is 59.3 Å². The average molecular weight is 431 g/mol. The van der Waals surface area contributed by atoms with Gasteiger partial charge in [0.2, 0.25) is 5.91 Å². The monoisotopic (exact) mass is 431 g/mol. The molecule has 0 bridgehead atoms. The molecule has 0 aliphatic carbocycles. The highest BCUT2D eigenvalue weighted by molar-refractivity contribution is 5.88. The van der Waals surface area contributed by atoms with Crippen LogP contribution in [0.1, 0.15) is 49.1 Å². The van der Waals surface area contributed by atoms with Crippen molar-refractivity contribution in [3.05, 3.63) is 41.8 Å². The topological polar surface area (TPSA) is 90.7 Å². The van der Waals surface area contributed by atoms with Gasteiger partial charge in [-0.3, -0.25) is 14.3 Å². The first-order valence-corrected chi connectivity index (χ1v) is 10.3. The highest BCUT2D eigenvalue weighted by atomic mass is 19.1. The number of amides is 1. The Bertz CT molecular complexity index is 933. The summed E-state index contributed by atoms with van der Waals surface area (Å²) in [6.07, 6.45) is 1.46. The van der Waals surface area contributed by atoms with Crippen LogP contribution in [-0.2, 0) is 19.1 Å². The summed E-state index contributed by atoms with van der Waals surface area (Å²) in [7, 11) is 1.30. The van der Waals surface area contributed by atoms with Crippen molar-refractivity contribution in [1.29, 1.82) is 0 Å². The molecule has 1 aromatic carbocycles. The summed E-state index contributed by atoms with van der Waals surface area (Å²) in [5.74, 6) is -1.36. The van der Waals surface area contributed by atoms with Gasteiger partial charge in [-0.05, 0) is 50.1 Å². The van der Waals surface area contributed by atoms with Gasteiger partial charge in [0.05, 0.1) is 31.9 Å². The van der Waals surface area contributed by atoms with Gasteiger partial charge >= 0.3 is 11.9 Å². The van der Waals surface area contributed by atoms with Gasteiger partial charge < -0.3 is 14.4 Å². The minimum Gasteiger partial charge on any atom is -0.469 e. The SMILES string of the molecule is CCOC(=O)c1cc(-c2ccc(F)cc2)n(C2CCN(C(=O)CCC(=O)OC)CC2)n1. The van der Waals surface area contributed by atoms with Crippen molar-refractivity contribution in [2.24, 2.45) is 0 Å². The highest BCUT2D eigenvalue weighted by Gasteiger charge is 2.28. The number of aromatic nitrogens is 2. The number of piperidine rings is 1. The first kappa shape index (κ1) is 22.5. The molecule has 1 aromatic heterocycles. The molecule has 31 heavy (non-hydrogen) atoms. The Labute approximate surface area is 179 Å². The van der Waals surface area contributed by atoms with E-state index < -0.39 is 11.9 Å². The maximum absolute atomic E-state index is 13.4. The van der Waals surface area contributed by atoms with Crippen molar-refractivity contribution < 1.29 is 28.2 Å². The van der Waals surface area contributed by atoms with E-state index >= 15 is 0 Å². The molecule has 9 heteroatoms. The van der Waals surface area contributed by atoms with Crippen LogP contribution in [0.4, 0.5) is 4.39 Å². The second kappa shape index (κ2) is 10.2. The molecule has 3 rings (SSSR count). The second-order valence-electron chi connectivity index (χ2n) is 7.27. The van der Waals surface area contributed by atoms with Gasteiger partial charge in [-0.15, -0.1) is 0 Å². The predicted octanol–water partition coefficient (Wildman–Crippen LogP) is 2.98. The van der Waals surface area contributed by atoms with Crippen molar-refractivity contribution in [2.45, 2.75) is 38.6 Å². The van der Waals surface area contributed by atoms with Crippen LogP contribution in [0.15, 0.2) is 30.3 Å². The standard InChI is InChI=1S/C22H26FN3O5/c1-3-31-22(29)18-14-19(15-4-6-16(23)7-5-15)26(24-18)17-10-12-25(13-11-17)20(27)8-9-21(28)30-2/h4-7,14,17H,3,8-13H2,1-2H3. The third-order valence-electron chi connectivity index (χ3n) is 5.29. The Morgan fingerprint density at radius 2 is 1.81 bits per heavy atom. The maximum Gasteiger partial charge on any atom is 0.358 e. The fourth-order valence-corrected chi connectivity index (χ4v) is 3.64. The van der Waals surface area contributed by atoms with Crippen LogP contribution >= 0.6 is 0 Å². The Morgan fingerprint density at radius 1 is 1.13 bits per heavy atom. The van der Waals surface area contributed by atoms with Gasteiger partial charge in [0.1, 0.15) is 5.82 Å². The quantitative estimate of drug-likeness (QED) is 0.626. The van der Waals surface area contributed by atoms with Crippen LogP contribution in [0.2, 0.25) is 0 Å². The van der Waals surface area contributed by atoms with Crippen LogP contribution in [0.5, 0.6) is 0 Å². The minimum absolute atomic E-state index is 0.0344. The number of hydrogen-bond acceptors (Lipinski definition) is 6. The molecule has 2 heterocycles. The number of ether oxygens (including phenoxy) is 2. The maximum atomic E-state index is 13.4. The molecule has 1 aliphatic rings. The number of carbonyl (C=O) groups excluding carboxylic acids is 3. The smallest absolute Gasteiger partial charge is 0.358 e. The van der Waals surface area contributed by atoms with Crippen molar-refractivity contribution >= 4 is 17.8 Å². The summed E-state index contributed by atoms with van der Waals surface area (Å²) in [6, 6.07) is 7.62.